The lowest BCUT2D eigenvalue weighted by Gasteiger charge is -2.04. The Morgan fingerprint density at radius 3 is 2.52 bits per heavy atom. The van der Waals surface area contributed by atoms with Gasteiger partial charge in [-0.05, 0) is 43.0 Å². The number of nitro benzene ring substituents is 1. The molecule has 0 aliphatic heterocycles. The highest BCUT2D eigenvalue weighted by atomic mass is 32.2. The van der Waals surface area contributed by atoms with E-state index in [-0.39, 0.29) is 5.69 Å². The van der Waals surface area contributed by atoms with Gasteiger partial charge in [0.1, 0.15) is 0 Å². The van der Waals surface area contributed by atoms with Crippen molar-refractivity contribution in [3.05, 3.63) is 86.5 Å². The van der Waals surface area contributed by atoms with Gasteiger partial charge in [0.15, 0.2) is 0 Å². The number of benzene rings is 2. The third-order valence-corrected chi connectivity index (χ3v) is 5.58. The Bertz CT molecular complexity index is 1110. The summed E-state index contributed by atoms with van der Waals surface area (Å²) in [6, 6.07) is 14.6. The maximum atomic E-state index is 10.9. The van der Waals surface area contributed by atoms with Crippen molar-refractivity contribution in [3.63, 3.8) is 0 Å². The average Bonchev–Trinajstić information content (AvgIpc) is 3.14. The van der Waals surface area contributed by atoms with Gasteiger partial charge in [-0.15, -0.1) is 23.1 Å². The van der Waals surface area contributed by atoms with Crippen LogP contribution in [0.25, 0.3) is 11.3 Å². The van der Waals surface area contributed by atoms with Gasteiger partial charge in [0.2, 0.25) is 4.80 Å². The molecule has 0 amide bonds. The maximum absolute atomic E-state index is 10.9. The molecule has 0 atom stereocenters. The fourth-order valence-corrected chi connectivity index (χ4v) is 3.73. The van der Waals surface area contributed by atoms with E-state index in [9.17, 15) is 10.1 Å². The molecule has 0 saturated carbocycles. The molecule has 8 heteroatoms. The minimum atomic E-state index is -0.407. The summed E-state index contributed by atoms with van der Waals surface area (Å²) in [5.74, 6) is 0. The number of thioether (sulfide) groups is 1. The second-order valence-corrected chi connectivity index (χ2v) is 8.03. The van der Waals surface area contributed by atoms with Crippen molar-refractivity contribution in [2.75, 3.05) is 12.8 Å². The lowest BCUT2D eigenvalue weighted by atomic mass is 10.1. The molecule has 148 valence electrons. The van der Waals surface area contributed by atoms with E-state index in [4.69, 9.17) is 0 Å². The van der Waals surface area contributed by atoms with Crippen LogP contribution in [-0.2, 0) is 0 Å². The average molecular weight is 425 g/mol. The number of non-ortho nitro benzene ring substituents is 1. The summed E-state index contributed by atoms with van der Waals surface area (Å²) in [6.07, 6.45) is 3.82. The van der Waals surface area contributed by atoms with E-state index in [0.717, 1.165) is 27.2 Å². The molecule has 0 aliphatic rings. The molecule has 1 aromatic heterocycles. The lowest BCUT2D eigenvalue weighted by molar-refractivity contribution is -0.384. The lowest BCUT2D eigenvalue weighted by Crippen LogP contribution is -2.13. The predicted octanol–water partition coefficient (Wildman–Crippen LogP) is 5.21. The number of nitro groups is 1. The molecule has 3 aromatic rings. The van der Waals surface area contributed by atoms with Crippen LogP contribution in [0.5, 0.6) is 0 Å². The van der Waals surface area contributed by atoms with Crippen molar-refractivity contribution >= 4 is 35.0 Å². The van der Waals surface area contributed by atoms with E-state index in [0.29, 0.717) is 6.54 Å². The zero-order chi connectivity index (χ0) is 20.8. The summed E-state index contributed by atoms with van der Waals surface area (Å²) >= 11 is 3.16. The second-order valence-electron chi connectivity index (χ2n) is 6.31. The van der Waals surface area contributed by atoms with Gasteiger partial charge >= 0.3 is 0 Å². The van der Waals surface area contributed by atoms with E-state index in [1.54, 1.807) is 34.8 Å². The SMILES string of the molecule is C=C(C)CN=c1scc(-c2ccc([N+](=O)[O-])cc2)n1N=Cc1ccc(SC)cc1. The van der Waals surface area contributed by atoms with Crippen molar-refractivity contribution < 1.29 is 4.92 Å². The molecular weight excluding hydrogens is 404 g/mol. The van der Waals surface area contributed by atoms with Crippen molar-refractivity contribution in [1.82, 2.24) is 4.68 Å². The standard InChI is InChI=1S/C21H20N4O2S2/c1-15(2)12-22-21-24(23-13-16-4-10-19(28-3)11-5-16)20(14-29-21)17-6-8-18(9-7-17)25(26)27/h4-11,13-14H,1,12H2,2-3H3. The molecule has 0 N–H and O–H groups in total. The first-order valence-corrected chi connectivity index (χ1v) is 10.9. The molecular formula is C21H20N4O2S2. The number of nitrogens with zero attached hydrogens (tertiary/aromatic N) is 4. The van der Waals surface area contributed by atoms with Gasteiger partial charge < -0.3 is 0 Å². The highest BCUT2D eigenvalue weighted by Gasteiger charge is 2.10. The Morgan fingerprint density at radius 2 is 1.93 bits per heavy atom. The molecule has 0 saturated heterocycles. The fraction of sp³-hybridized carbons (Fsp3) is 0.143. The Kier molecular flexibility index (Phi) is 6.79. The molecule has 1 heterocycles. The van der Waals surface area contributed by atoms with Crippen LogP contribution in [0.4, 0.5) is 5.69 Å². The van der Waals surface area contributed by atoms with Crippen LogP contribution >= 0.6 is 23.1 Å². The van der Waals surface area contributed by atoms with Gasteiger partial charge in [0.25, 0.3) is 5.69 Å². The van der Waals surface area contributed by atoms with Crippen LogP contribution in [0.2, 0.25) is 0 Å². The van der Waals surface area contributed by atoms with Gasteiger partial charge in [0.05, 0.1) is 23.4 Å². The topological polar surface area (TPSA) is 72.8 Å². The van der Waals surface area contributed by atoms with Gasteiger partial charge in [-0.1, -0.05) is 24.3 Å². The summed E-state index contributed by atoms with van der Waals surface area (Å²) in [6.45, 7) is 6.34. The third-order valence-electron chi connectivity index (χ3n) is 3.98. The monoisotopic (exact) mass is 424 g/mol. The Labute approximate surface area is 177 Å². The molecule has 0 spiro atoms. The molecule has 0 aliphatic carbocycles. The van der Waals surface area contributed by atoms with E-state index in [1.165, 1.54) is 28.4 Å². The summed E-state index contributed by atoms with van der Waals surface area (Å²) in [7, 11) is 0. The number of hydrogen-bond acceptors (Lipinski definition) is 6. The molecule has 0 fully saturated rings. The minimum Gasteiger partial charge on any atom is -0.258 e. The zero-order valence-corrected chi connectivity index (χ0v) is 17.7. The minimum absolute atomic E-state index is 0.0557. The molecule has 29 heavy (non-hydrogen) atoms. The van der Waals surface area contributed by atoms with E-state index >= 15 is 0 Å². The maximum Gasteiger partial charge on any atom is 0.269 e. The molecule has 3 rings (SSSR count). The number of rotatable bonds is 7. The Hall–Kier alpha value is -2.97. The Balaban J connectivity index is 2.02. The largest absolute Gasteiger partial charge is 0.269 e. The first-order valence-electron chi connectivity index (χ1n) is 8.76. The summed E-state index contributed by atoms with van der Waals surface area (Å²) < 4.78 is 1.76. The van der Waals surface area contributed by atoms with Crippen molar-refractivity contribution in [3.8, 4) is 11.3 Å². The summed E-state index contributed by atoms with van der Waals surface area (Å²) in [4.78, 5) is 17.0. The smallest absolute Gasteiger partial charge is 0.258 e. The van der Waals surface area contributed by atoms with Crippen molar-refractivity contribution in [1.29, 1.82) is 0 Å². The number of aromatic nitrogens is 1. The van der Waals surface area contributed by atoms with Gasteiger partial charge in [-0.3, -0.25) is 15.1 Å². The molecule has 0 unspecified atom stereocenters. The first-order chi connectivity index (χ1) is 14.0. The van der Waals surface area contributed by atoms with Crippen LogP contribution in [-0.4, -0.2) is 28.6 Å². The van der Waals surface area contributed by atoms with Crippen LogP contribution in [0, 0.1) is 10.1 Å². The third kappa shape index (κ3) is 5.30. The number of hydrogen-bond donors (Lipinski definition) is 0. The molecule has 2 aromatic carbocycles. The van der Waals surface area contributed by atoms with E-state index < -0.39 is 4.92 Å². The molecule has 0 radical (unpaired) electrons. The van der Waals surface area contributed by atoms with Crippen LogP contribution in [0.3, 0.4) is 0 Å². The highest BCUT2D eigenvalue weighted by molar-refractivity contribution is 7.98. The van der Waals surface area contributed by atoms with E-state index in [2.05, 4.69) is 16.7 Å². The summed E-state index contributed by atoms with van der Waals surface area (Å²) in [5, 5.41) is 17.5. The zero-order valence-electron chi connectivity index (χ0n) is 16.1. The van der Waals surface area contributed by atoms with Crippen molar-refractivity contribution in [2.45, 2.75) is 11.8 Å². The van der Waals surface area contributed by atoms with Crippen LogP contribution < -0.4 is 4.80 Å². The molecule has 0 bridgehead atoms. The highest BCUT2D eigenvalue weighted by Crippen LogP contribution is 2.23. The first kappa shape index (κ1) is 20.8. The van der Waals surface area contributed by atoms with Crippen LogP contribution in [0.1, 0.15) is 12.5 Å². The van der Waals surface area contributed by atoms with E-state index in [1.807, 2.05) is 42.8 Å². The Morgan fingerprint density at radius 1 is 1.24 bits per heavy atom. The second kappa shape index (κ2) is 9.49. The predicted molar refractivity (Wildman–Crippen MR) is 121 cm³/mol. The summed E-state index contributed by atoms with van der Waals surface area (Å²) in [5.41, 5.74) is 3.64. The van der Waals surface area contributed by atoms with Gasteiger partial charge in [-0.2, -0.15) is 5.10 Å². The quantitative estimate of drug-likeness (QED) is 0.172. The normalized spacial score (nSPS) is 11.9. The van der Waals surface area contributed by atoms with Crippen LogP contribution in [0.15, 0.2) is 81.1 Å². The fourth-order valence-electron chi connectivity index (χ4n) is 2.49. The van der Waals surface area contributed by atoms with Gasteiger partial charge in [-0.25, -0.2) is 4.68 Å². The number of thiazole rings is 1. The molecule has 6 nitrogen and oxygen atoms in total. The van der Waals surface area contributed by atoms with Gasteiger partial charge in [0, 0.05) is 28.0 Å². The van der Waals surface area contributed by atoms with Crippen molar-refractivity contribution in [2.24, 2.45) is 10.1 Å².